The standard InChI is InChI=1S/C15H11ClFN3/c16-13-3-1-2-12-14(9-19-20-15(12)13)18-8-10-4-6-11(17)7-5-10/h1-7,9H,8H2,(H,18,20). The molecule has 0 fully saturated rings. The van der Waals surface area contributed by atoms with Gasteiger partial charge < -0.3 is 5.32 Å². The van der Waals surface area contributed by atoms with Crippen molar-refractivity contribution in [1.82, 2.24) is 10.2 Å². The van der Waals surface area contributed by atoms with Crippen molar-refractivity contribution in [2.45, 2.75) is 6.54 Å². The van der Waals surface area contributed by atoms with Gasteiger partial charge in [0.05, 0.1) is 16.9 Å². The molecule has 0 aliphatic heterocycles. The number of nitrogens with zero attached hydrogens (tertiary/aromatic N) is 2. The summed E-state index contributed by atoms with van der Waals surface area (Å²) in [5.41, 5.74) is 2.50. The van der Waals surface area contributed by atoms with Gasteiger partial charge >= 0.3 is 0 Å². The summed E-state index contributed by atoms with van der Waals surface area (Å²) in [4.78, 5) is 0. The van der Waals surface area contributed by atoms with Gasteiger partial charge in [0.15, 0.2) is 0 Å². The van der Waals surface area contributed by atoms with Gasteiger partial charge in [-0.15, -0.1) is 5.10 Å². The van der Waals surface area contributed by atoms with E-state index in [4.69, 9.17) is 11.6 Å². The highest BCUT2D eigenvalue weighted by Crippen LogP contribution is 2.26. The van der Waals surface area contributed by atoms with E-state index < -0.39 is 0 Å². The molecule has 3 aromatic rings. The molecule has 0 radical (unpaired) electrons. The summed E-state index contributed by atoms with van der Waals surface area (Å²) in [5.74, 6) is -0.239. The molecule has 20 heavy (non-hydrogen) atoms. The summed E-state index contributed by atoms with van der Waals surface area (Å²) < 4.78 is 12.8. The molecule has 0 saturated heterocycles. The SMILES string of the molecule is Fc1ccc(CNc2cnnc3c(Cl)cccc23)cc1. The molecular weight excluding hydrogens is 277 g/mol. The lowest BCUT2D eigenvalue weighted by Gasteiger charge is -2.09. The van der Waals surface area contributed by atoms with Crippen LogP contribution in [0, 0.1) is 5.82 Å². The summed E-state index contributed by atoms with van der Waals surface area (Å²) in [7, 11) is 0. The Balaban J connectivity index is 1.88. The highest BCUT2D eigenvalue weighted by Gasteiger charge is 2.05. The summed E-state index contributed by atoms with van der Waals surface area (Å²) in [6.45, 7) is 0.577. The zero-order valence-corrected chi connectivity index (χ0v) is 11.2. The number of nitrogens with one attached hydrogen (secondary N) is 1. The molecule has 0 atom stereocenters. The number of fused-ring (bicyclic) bond motifs is 1. The smallest absolute Gasteiger partial charge is 0.123 e. The van der Waals surface area contributed by atoms with E-state index in [1.807, 2.05) is 12.1 Å². The fourth-order valence-electron chi connectivity index (χ4n) is 1.99. The Morgan fingerprint density at radius 2 is 1.90 bits per heavy atom. The van der Waals surface area contributed by atoms with Crippen molar-refractivity contribution in [3.05, 3.63) is 65.1 Å². The van der Waals surface area contributed by atoms with Gasteiger partial charge in [-0.25, -0.2) is 4.39 Å². The van der Waals surface area contributed by atoms with E-state index >= 15 is 0 Å². The number of anilines is 1. The predicted molar refractivity (Wildman–Crippen MR) is 78.3 cm³/mol. The van der Waals surface area contributed by atoms with Gasteiger partial charge in [0.1, 0.15) is 11.3 Å². The van der Waals surface area contributed by atoms with Gasteiger partial charge in [-0.1, -0.05) is 35.9 Å². The van der Waals surface area contributed by atoms with E-state index in [1.165, 1.54) is 12.1 Å². The number of aromatic nitrogens is 2. The quantitative estimate of drug-likeness (QED) is 0.790. The molecule has 0 spiro atoms. The molecule has 0 bridgehead atoms. The van der Waals surface area contributed by atoms with E-state index in [9.17, 15) is 4.39 Å². The summed E-state index contributed by atoms with van der Waals surface area (Å²) >= 11 is 6.09. The molecule has 0 saturated carbocycles. The molecule has 0 aliphatic carbocycles. The molecule has 1 N–H and O–H groups in total. The average molecular weight is 288 g/mol. The van der Waals surface area contributed by atoms with Gasteiger partial charge in [0, 0.05) is 11.9 Å². The van der Waals surface area contributed by atoms with Crippen molar-refractivity contribution in [1.29, 1.82) is 0 Å². The van der Waals surface area contributed by atoms with E-state index in [0.717, 1.165) is 16.6 Å². The first-order valence-corrected chi connectivity index (χ1v) is 6.50. The summed E-state index contributed by atoms with van der Waals surface area (Å²) in [6, 6.07) is 12.0. The molecule has 0 unspecified atom stereocenters. The zero-order chi connectivity index (χ0) is 13.9. The Kier molecular flexibility index (Phi) is 3.48. The fraction of sp³-hybridized carbons (Fsp3) is 0.0667. The van der Waals surface area contributed by atoms with Crippen molar-refractivity contribution in [3.8, 4) is 0 Å². The van der Waals surface area contributed by atoms with Crippen LogP contribution in [0.15, 0.2) is 48.7 Å². The molecule has 5 heteroatoms. The lowest BCUT2D eigenvalue weighted by Crippen LogP contribution is -2.01. The lowest BCUT2D eigenvalue weighted by molar-refractivity contribution is 0.627. The first kappa shape index (κ1) is 12.8. The van der Waals surface area contributed by atoms with Crippen molar-refractivity contribution in [2.24, 2.45) is 0 Å². The average Bonchev–Trinajstić information content (AvgIpc) is 2.47. The van der Waals surface area contributed by atoms with E-state index in [-0.39, 0.29) is 5.82 Å². The minimum absolute atomic E-state index is 0.239. The maximum Gasteiger partial charge on any atom is 0.123 e. The second-order valence-corrected chi connectivity index (χ2v) is 4.78. The molecule has 100 valence electrons. The second kappa shape index (κ2) is 5.43. The Hall–Kier alpha value is -2.20. The number of benzene rings is 2. The normalized spacial score (nSPS) is 10.7. The minimum atomic E-state index is -0.239. The molecule has 1 aromatic heterocycles. The van der Waals surface area contributed by atoms with Crippen LogP contribution in [0.1, 0.15) is 5.56 Å². The first-order valence-electron chi connectivity index (χ1n) is 6.12. The lowest BCUT2D eigenvalue weighted by atomic mass is 10.2. The Labute approximate surface area is 120 Å². The highest BCUT2D eigenvalue weighted by molar-refractivity contribution is 6.35. The van der Waals surface area contributed by atoms with Gasteiger partial charge in [0.25, 0.3) is 0 Å². The highest BCUT2D eigenvalue weighted by atomic mass is 35.5. The maximum absolute atomic E-state index is 12.8. The van der Waals surface area contributed by atoms with Crippen LogP contribution in [-0.2, 0) is 6.54 Å². The fourth-order valence-corrected chi connectivity index (χ4v) is 2.20. The zero-order valence-electron chi connectivity index (χ0n) is 10.5. The first-order chi connectivity index (χ1) is 9.74. The molecule has 0 aliphatic rings. The second-order valence-electron chi connectivity index (χ2n) is 4.37. The van der Waals surface area contributed by atoms with E-state index in [0.29, 0.717) is 17.1 Å². The number of hydrogen-bond donors (Lipinski definition) is 1. The summed E-state index contributed by atoms with van der Waals surface area (Å²) in [6.07, 6.45) is 1.65. The molecular formula is C15H11ClFN3. The van der Waals surface area contributed by atoms with Crippen LogP contribution in [0.2, 0.25) is 5.02 Å². The van der Waals surface area contributed by atoms with Crippen LogP contribution in [0.3, 0.4) is 0 Å². The predicted octanol–water partition coefficient (Wildman–Crippen LogP) is 4.03. The Morgan fingerprint density at radius 3 is 2.70 bits per heavy atom. The van der Waals surface area contributed by atoms with Crippen molar-refractivity contribution in [3.63, 3.8) is 0 Å². The van der Waals surface area contributed by atoms with Crippen LogP contribution < -0.4 is 5.32 Å². The van der Waals surface area contributed by atoms with E-state index in [1.54, 1.807) is 24.4 Å². The van der Waals surface area contributed by atoms with Crippen LogP contribution >= 0.6 is 11.6 Å². The van der Waals surface area contributed by atoms with Crippen molar-refractivity contribution < 1.29 is 4.39 Å². The van der Waals surface area contributed by atoms with Crippen molar-refractivity contribution >= 4 is 28.2 Å². The third-order valence-corrected chi connectivity index (χ3v) is 3.32. The van der Waals surface area contributed by atoms with Crippen LogP contribution in [0.25, 0.3) is 10.9 Å². The monoisotopic (exact) mass is 287 g/mol. The summed E-state index contributed by atoms with van der Waals surface area (Å²) in [5, 5.41) is 12.7. The van der Waals surface area contributed by atoms with Gasteiger partial charge in [-0.05, 0) is 23.8 Å². The van der Waals surface area contributed by atoms with Crippen molar-refractivity contribution in [2.75, 3.05) is 5.32 Å². The van der Waals surface area contributed by atoms with Crippen LogP contribution in [0.5, 0.6) is 0 Å². The minimum Gasteiger partial charge on any atom is -0.379 e. The molecule has 0 amide bonds. The Morgan fingerprint density at radius 1 is 1.10 bits per heavy atom. The van der Waals surface area contributed by atoms with Gasteiger partial charge in [0.2, 0.25) is 0 Å². The molecule has 3 rings (SSSR count). The Bertz CT molecular complexity index is 744. The maximum atomic E-state index is 12.8. The number of halogens is 2. The van der Waals surface area contributed by atoms with E-state index in [2.05, 4.69) is 15.5 Å². The molecule has 3 nitrogen and oxygen atoms in total. The number of rotatable bonds is 3. The van der Waals surface area contributed by atoms with Gasteiger partial charge in [-0.3, -0.25) is 0 Å². The third-order valence-electron chi connectivity index (χ3n) is 3.02. The third kappa shape index (κ3) is 2.56. The van der Waals surface area contributed by atoms with Crippen LogP contribution in [-0.4, -0.2) is 10.2 Å². The van der Waals surface area contributed by atoms with Gasteiger partial charge in [-0.2, -0.15) is 5.10 Å². The largest absolute Gasteiger partial charge is 0.379 e. The molecule has 2 aromatic carbocycles. The number of hydrogen-bond acceptors (Lipinski definition) is 3. The molecule has 1 heterocycles. The topological polar surface area (TPSA) is 37.8 Å². The van der Waals surface area contributed by atoms with Crippen LogP contribution in [0.4, 0.5) is 10.1 Å².